The highest BCUT2D eigenvalue weighted by molar-refractivity contribution is 7.90. The lowest BCUT2D eigenvalue weighted by Crippen LogP contribution is -2.28. The molecular formula is C16H18ClNO4S2. The van der Waals surface area contributed by atoms with Gasteiger partial charge in [-0.05, 0) is 42.3 Å². The van der Waals surface area contributed by atoms with Crippen LogP contribution in [0.5, 0.6) is 0 Å². The molecule has 0 aliphatic heterocycles. The largest absolute Gasteiger partial charge is 0.224 e. The van der Waals surface area contributed by atoms with Crippen molar-refractivity contribution in [3.05, 3.63) is 64.7 Å². The molecule has 0 unspecified atom stereocenters. The fraction of sp³-hybridized carbons (Fsp3) is 0.250. The van der Waals surface area contributed by atoms with Gasteiger partial charge in [0, 0.05) is 17.3 Å². The number of sulfone groups is 1. The van der Waals surface area contributed by atoms with Crippen molar-refractivity contribution in [1.29, 1.82) is 0 Å². The topological polar surface area (TPSA) is 80.3 Å². The van der Waals surface area contributed by atoms with E-state index < -0.39 is 25.9 Å². The third kappa shape index (κ3) is 5.31. The monoisotopic (exact) mass is 387 g/mol. The van der Waals surface area contributed by atoms with Crippen molar-refractivity contribution in [2.75, 3.05) is 6.26 Å². The van der Waals surface area contributed by atoms with Crippen LogP contribution in [0.2, 0.25) is 5.02 Å². The van der Waals surface area contributed by atoms with Crippen LogP contribution in [0.3, 0.4) is 0 Å². The van der Waals surface area contributed by atoms with Crippen LogP contribution in [0.25, 0.3) is 0 Å². The smallest absolute Gasteiger partial charge is 0.216 e. The number of hydrogen-bond donors (Lipinski definition) is 1. The van der Waals surface area contributed by atoms with Crippen molar-refractivity contribution in [3.8, 4) is 0 Å². The molecule has 2 aromatic rings. The minimum absolute atomic E-state index is 0.157. The molecule has 0 saturated heterocycles. The summed E-state index contributed by atoms with van der Waals surface area (Å²) in [5, 5.41) is 0.545. The fourth-order valence-electron chi connectivity index (χ4n) is 2.18. The molecule has 2 rings (SSSR count). The van der Waals surface area contributed by atoms with E-state index >= 15 is 0 Å². The molecule has 0 fully saturated rings. The van der Waals surface area contributed by atoms with Crippen LogP contribution in [0.1, 0.15) is 24.1 Å². The van der Waals surface area contributed by atoms with E-state index in [4.69, 9.17) is 11.6 Å². The molecule has 130 valence electrons. The van der Waals surface area contributed by atoms with Crippen LogP contribution in [0.15, 0.2) is 53.4 Å². The molecule has 1 atom stereocenters. The van der Waals surface area contributed by atoms with Gasteiger partial charge in [-0.1, -0.05) is 35.9 Å². The molecule has 0 radical (unpaired) electrons. The molecular weight excluding hydrogens is 370 g/mol. The zero-order chi connectivity index (χ0) is 18.0. The Labute approximate surface area is 147 Å². The first-order chi connectivity index (χ1) is 11.1. The van der Waals surface area contributed by atoms with Gasteiger partial charge in [-0.2, -0.15) is 0 Å². The number of sulfonamides is 1. The highest BCUT2D eigenvalue weighted by Crippen LogP contribution is 2.18. The Bertz CT molecular complexity index is 906. The van der Waals surface area contributed by atoms with Crippen molar-refractivity contribution in [1.82, 2.24) is 4.72 Å². The van der Waals surface area contributed by atoms with Crippen LogP contribution in [-0.2, 0) is 25.6 Å². The quantitative estimate of drug-likeness (QED) is 0.826. The number of hydrogen-bond acceptors (Lipinski definition) is 4. The minimum atomic E-state index is -3.54. The summed E-state index contributed by atoms with van der Waals surface area (Å²) in [4.78, 5) is 0.197. The van der Waals surface area contributed by atoms with Crippen molar-refractivity contribution < 1.29 is 16.8 Å². The van der Waals surface area contributed by atoms with Gasteiger partial charge in [0.15, 0.2) is 9.84 Å². The summed E-state index contributed by atoms with van der Waals surface area (Å²) < 4.78 is 50.0. The van der Waals surface area contributed by atoms with E-state index in [-0.39, 0.29) is 10.6 Å². The Kier molecular flexibility index (Phi) is 5.70. The number of benzene rings is 2. The minimum Gasteiger partial charge on any atom is -0.224 e. The Morgan fingerprint density at radius 2 is 1.50 bits per heavy atom. The van der Waals surface area contributed by atoms with E-state index in [1.807, 2.05) is 0 Å². The highest BCUT2D eigenvalue weighted by Gasteiger charge is 2.17. The molecule has 5 nitrogen and oxygen atoms in total. The Morgan fingerprint density at radius 1 is 0.958 bits per heavy atom. The lowest BCUT2D eigenvalue weighted by molar-refractivity contribution is 0.565. The predicted octanol–water partition coefficient (Wildman–Crippen LogP) is 2.92. The standard InChI is InChI=1S/C16H18ClNO4S2/c1-12(14-5-9-16(10-6-14)23(2,19)20)18-24(21,22)11-13-3-7-15(17)8-4-13/h3-10,12,18H,11H2,1-2H3/t12-/m0/s1. The molecule has 24 heavy (non-hydrogen) atoms. The van der Waals surface area contributed by atoms with Crippen LogP contribution in [0, 0.1) is 0 Å². The van der Waals surface area contributed by atoms with Gasteiger partial charge in [-0.3, -0.25) is 0 Å². The summed E-state index contributed by atoms with van der Waals surface area (Å²) in [6.07, 6.45) is 1.13. The summed E-state index contributed by atoms with van der Waals surface area (Å²) in [7, 11) is -6.82. The maximum atomic E-state index is 12.3. The van der Waals surface area contributed by atoms with Crippen molar-refractivity contribution in [2.24, 2.45) is 0 Å². The predicted molar refractivity (Wildman–Crippen MR) is 95.2 cm³/mol. The van der Waals surface area contributed by atoms with Gasteiger partial charge in [-0.25, -0.2) is 21.6 Å². The van der Waals surface area contributed by atoms with E-state index in [1.165, 1.54) is 12.1 Å². The molecule has 0 aromatic heterocycles. The van der Waals surface area contributed by atoms with Crippen LogP contribution in [-0.4, -0.2) is 23.1 Å². The van der Waals surface area contributed by atoms with Gasteiger partial charge < -0.3 is 0 Å². The molecule has 0 aliphatic carbocycles. The summed E-state index contributed by atoms with van der Waals surface area (Å²) in [6.45, 7) is 1.70. The summed E-state index contributed by atoms with van der Waals surface area (Å²) in [5.74, 6) is -0.157. The summed E-state index contributed by atoms with van der Waals surface area (Å²) >= 11 is 5.78. The van der Waals surface area contributed by atoms with E-state index in [0.29, 0.717) is 16.1 Å². The van der Waals surface area contributed by atoms with E-state index in [9.17, 15) is 16.8 Å². The van der Waals surface area contributed by atoms with Gasteiger partial charge >= 0.3 is 0 Å². The Hall–Kier alpha value is -1.41. The van der Waals surface area contributed by atoms with E-state index in [1.54, 1.807) is 43.3 Å². The molecule has 2 aromatic carbocycles. The lowest BCUT2D eigenvalue weighted by Gasteiger charge is -2.15. The molecule has 0 aliphatic rings. The normalized spacial score (nSPS) is 13.6. The first-order valence-electron chi connectivity index (χ1n) is 7.11. The zero-order valence-corrected chi connectivity index (χ0v) is 15.6. The zero-order valence-electron chi connectivity index (χ0n) is 13.2. The van der Waals surface area contributed by atoms with Gasteiger partial charge in [0.1, 0.15) is 0 Å². The maximum absolute atomic E-state index is 12.3. The fourth-order valence-corrected chi connectivity index (χ4v) is 4.33. The highest BCUT2D eigenvalue weighted by atomic mass is 35.5. The van der Waals surface area contributed by atoms with Gasteiger partial charge in [-0.15, -0.1) is 0 Å². The third-order valence-electron chi connectivity index (χ3n) is 3.43. The van der Waals surface area contributed by atoms with Crippen LogP contribution in [0.4, 0.5) is 0 Å². The summed E-state index contributed by atoms with van der Waals surface area (Å²) in [5.41, 5.74) is 1.31. The molecule has 0 saturated carbocycles. The number of halogens is 1. The number of rotatable bonds is 6. The van der Waals surface area contributed by atoms with Gasteiger partial charge in [0.25, 0.3) is 0 Å². The molecule has 0 amide bonds. The second kappa shape index (κ2) is 7.23. The molecule has 0 heterocycles. The summed E-state index contributed by atoms with van der Waals surface area (Å²) in [6, 6.07) is 12.3. The second-order valence-corrected chi connectivity index (χ2v) is 9.77. The molecule has 8 heteroatoms. The first kappa shape index (κ1) is 18.9. The van der Waals surface area contributed by atoms with Gasteiger partial charge in [0.2, 0.25) is 10.0 Å². The van der Waals surface area contributed by atoms with Crippen LogP contribution < -0.4 is 4.72 Å². The third-order valence-corrected chi connectivity index (χ3v) is 6.24. The van der Waals surface area contributed by atoms with Crippen molar-refractivity contribution in [3.63, 3.8) is 0 Å². The second-order valence-electron chi connectivity index (χ2n) is 5.57. The lowest BCUT2D eigenvalue weighted by atomic mass is 10.1. The molecule has 0 spiro atoms. The average Bonchev–Trinajstić information content (AvgIpc) is 2.48. The average molecular weight is 388 g/mol. The van der Waals surface area contributed by atoms with Crippen LogP contribution >= 0.6 is 11.6 Å². The van der Waals surface area contributed by atoms with Gasteiger partial charge in [0.05, 0.1) is 10.6 Å². The number of nitrogens with one attached hydrogen (secondary N) is 1. The molecule has 0 bridgehead atoms. The van der Waals surface area contributed by atoms with E-state index in [2.05, 4.69) is 4.72 Å². The molecule has 1 N–H and O–H groups in total. The Balaban J connectivity index is 2.10. The SMILES string of the molecule is C[C@H](NS(=O)(=O)Cc1ccc(Cl)cc1)c1ccc(S(C)(=O)=O)cc1. The van der Waals surface area contributed by atoms with E-state index in [0.717, 1.165) is 6.26 Å². The Morgan fingerprint density at radius 3 is 2.00 bits per heavy atom. The maximum Gasteiger partial charge on any atom is 0.216 e. The van der Waals surface area contributed by atoms with Crippen molar-refractivity contribution >= 4 is 31.5 Å². The van der Waals surface area contributed by atoms with Crippen molar-refractivity contribution in [2.45, 2.75) is 23.6 Å². The first-order valence-corrected chi connectivity index (χ1v) is 11.0.